The molecule has 7 rings (SSSR count). The Morgan fingerprint density at radius 2 is 1.24 bits per heavy atom. The smallest absolute Gasteiger partial charge is 0.137 e. The SMILES string of the molecule is Brc1ccccc1-c1ccc2c3ccccc3n(-c3ccc4c(c3)oc3ccccc34)c2c1. The zero-order valence-electron chi connectivity index (χ0n) is 17.6. The molecule has 0 aliphatic carbocycles. The highest BCUT2D eigenvalue weighted by atomic mass is 79.9. The maximum Gasteiger partial charge on any atom is 0.137 e. The van der Waals surface area contributed by atoms with Crippen LogP contribution in [0.2, 0.25) is 0 Å². The lowest BCUT2D eigenvalue weighted by molar-refractivity contribution is 0.668. The van der Waals surface area contributed by atoms with E-state index in [1.165, 1.54) is 32.9 Å². The highest BCUT2D eigenvalue weighted by Crippen LogP contribution is 2.38. The van der Waals surface area contributed by atoms with E-state index in [4.69, 9.17) is 4.42 Å². The Hall–Kier alpha value is -3.82. The summed E-state index contributed by atoms with van der Waals surface area (Å²) in [7, 11) is 0. The first-order valence-electron chi connectivity index (χ1n) is 11.0. The molecule has 0 aliphatic rings. The molecular formula is C30H18BrNO. The second-order valence-corrected chi connectivity index (χ2v) is 9.20. The van der Waals surface area contributed by atoms with Crippen LogP contribution in [0.25, 0.3) is 60.6 Å². The molecule has 5 aromatic carbocycles. The molecule has 0 atom stereocenters. The van der Waals surface area contributed by atoms with Crippen LogP contribution < -0.4 is 0 Å². The predicted molar refractivity (Wildman–Crippen MR) is 141 cm³/mol. The number of para-hydroxylation sites is 2. The van der Waals surface area contributed by atoms with Gasteiger partial charge in [0.2, 0.25) is 0 Å². The van der Waals surface area contributed by atoms with E-state index in [2.05, 4.69) is 111 Å². The van der Waals surface area contributed by atoms with Gasteiger partial charge in [0.1, 0.15) is 11.2 Å². The van der Waals surface area contributed by atoms with Gasteiger partial charge in [-0.25, -0.2) is 0 Å². The van der Waals surface area contributed by atoms with Crippen LogP contribution in [-0.2, 0) is 0 Å². The summed E-state index contributed by atoms with van der Waals surface area (Å²) in [5.41, 5.74) is 7.65. The van der Waals surface area contributed by atoms with Crippen LogP contribution in [0.1, 0.15) is 0 Å². The first-order chi connectivity index (χ1) is 16.3. The molecular weight excluding hydrogens is 470 g/mol. The summed E-state index contributed by atoms with van der Waals surface area (Å²) in [5.74, 6) is 0. The normalized spacial score (nSPS) is 11.8. The lowest BCUT2D eigenvalue weighted by atomic mass is 10.0. The summed E-state index contributed by atoms with van der Waals surface area (Å²) in [4.78, 5) is 0. The average molecular weight is 488 g/mol. The summed E-state index contributed by atoms with van der Waals surface area (Å²) < 4.78 is 9.64. The molecule has 2 aromatic heterocycles. The first-order valence-corrected chi connectivity index (χ1v) is 11.8. The van der Waals surface area contributed by atoms with Crippen LogP contribution in [0, 0.1) is 0 Å². The summed E-state index contributed by atoms with van der Waals surface area (Å²) in [6.45, 7) is 0. The highest BCUT2D eigenvalue weighted by molar-refractivity contribution is 9.10. The van der Waals surface area contributed by atoms with E-state index >= 15 is 0 Å². The Balaban J connectivity index is 1.54. The van der Waals surface area contributed by atoms with Gasteiger partial charge in [0.15, 0.2) is 0 Å². The largest absolute Gasteiger partial charge is 0.456 e. The maximum absolute atomic E-state index is 6.20. The molecule has 156 valence electrons. The van der Waals surface area contributed by atoms with Crippen LogP contribution >= 0.6 is 15.9 Å². The third kappa shape index (κ3) is 2.79. The van der Waals surface area contributed by atoms with Crippen molar-refractivity contribution in [1.29, 1.82) is 0 Å². The van der Waals surface area contributed by atoms with Gasteiger partial charge in [0.05, 0.1) is 11.0 Å². The van der Waals surface area contributed by atoms with Crippen LogP contribution in [0.15, 0.2) is 118 Å². The molecule has 2 heterocycles. The zero-order valence-corrected chi connectivity index (χ0v) is 19.2. The van der Waals surface area contributed by atoms with Gasteiger partial charge in [-0.1, -0.05) is 82.7 Å². The van der Waals surface area contributed by atoms with Crippen molar-refractivity contribution in [3.63, 3.8) is 0 Å². The van der Waals surface area contributed by atoms with E-state index < -0.39 is 0 Å². The van der Waals surface area contributed by atoms with Crippen molar-refractivity contribution in [3.8, 4) is 16.8 Å². The Morgan fingerprint density at radius 3 is 2.15 bits per heavy atom. The van der Waals surface area contributed by atoms with Crippen molar-refractivity contribution in [1.82, 2.24) is 4.57 Å². The van der Waals surface area contributed by atoms with E-state index in [1.807, 2.05) is 18.2 Å². The summed E-state index contributed by atoms with van der Waals surface area (Å²) in [5, 5.41) is 4.78. The Labute approximate surface area is 198 Å². The standard InChI is InChI=1S/C30H18BrNO/c31-26-10-4-1-7-21(26)19-13-15-23-22-8-2-5-11-27(22)32(28(23)17-19)20-14-16-25-24-9-3-6-12-29(24)33-30(25)18-20/h1-18H. The number of furan rings is 1. The molecule has 7 aromatic rings. The Morgan fingerprint density at radius 1 is 0.545 bits per heavy atom. The van der Waals surface area contributed by atoms with Gasteiger partial charge in [-0.2, -0.15) is 0 Å². The van der Waals surface area contributed by atoms with E-state index in [0.29, 0.717) is 0 Å². The minimum Gasteiger partial charge on any atom is -0.456 e. The van der Waals surface area contributed by atoms with E-state index in [-0.39, 0.29) is 0 Å². The number of hydrogen-bond acceptors (Lipinski definition) is 1. The summed E-state index contributed by atoms with van der Waals surface area (Å²) in [6, 6.07) is 38.5. The van der Waals surface area contributed by atoms with Crippen molar-refractivity contribution in [3.05, 3.63) is 114 Å². The number of aromatic nitrogens is 1. The lowest BCUT2D eigenvalue weighted by Gasteiger charge is -2.10. The van der Waals surface area contributed by atoms with Crippen molar-refractivity contribution >= 4 is 59.7 Å². The molecule has 0 radical (unpaired) electrons. The van der Waals surface area contributed by atoms with Gasteiger partial charge in [-0.3, -0.25) is 0 Å². The number of fused-ring (bicyclic) bond motifs is 6. The fourth-order valence-corrected chi connectivity index (χ4v) is 5.48. The van der Waals surface area contributed by atoms with Crippen molar-refractivity contribution in [2.24, 2.45) is 0 Å². The topological polar surface area (TPSA) is 18.1 Å². The Bertz CT molecular complexity index is 1840. The van der Waals surface area contributed by atoms with Crippen LogP contribution in [0.5, 0.6) is 0 Å². The minimum atomic E-state index is 0.904. The van der Waals surface area contributed by atoms with Gasteiger partial charge in [0.25, 0.3) is 0 Å². The predicted octanol–water partition coefficient (Wildman–Crippen LogP) is 9.11. The van der Waals surface area contributed by atoms with Crippen LogP contribution in [0.3, 0.4) is 0 Å². The fraction of sp³-hybridized carbons (Fsp3) is 0. The van der Waals surface area contributed by atoms with Gasteiger partial charge < -0.3 is 8.98 Å². The lowest BCUT2D eigenvalue weighted by Crippen LogP contribution is -1.93. The van der Waals surface area contributed by atoms with Crippen molar-refractivity contribution in [2.75, 3.05) is 0 Å². The maximum atomic E-state index is 6.20. The molecule has 2 nitrogen and oxygen atoms in total. The van der Waals surface area contributed by atoms with Gasteiger partial charge >= 0.3 is 0 Å². The third-order valence-electron chi connectivity index (χ3n) is 6.48. The zero-order chi connectivity index (χ0) is 21.9. The Kier molecular flexibility index (Phi) is 4.02. The van der Waals surface area contributed by atoms with E-state index in [9.17, 15) is 0 Å². The van der Waals surface area contributed by atoms with Crippen molar-refractivity contribution < 1.29 is 4.42 Å². The molecule has 0 bridgehead atoms. The van der Waals surface area contributed by atoms with E-state index in [1.54, 1.807) is 0 Å². The van der Waals surface area contributed by atoms with Gasteiger partial charge in [-0.15, -0.1) is 0 Å². The molecule has 0 spiro atoms. The second-order valence-electron chi connectivity index (χ2n) is 8.34. The van der Waals surface area contributed by atoms with E-state index in [0.717, 1.165) is 32.1 Å². The number of benzene rings is 5. The quantitative estimate of drug-likeness (QED) is 0.237. The average Bonchev–Trinajstić information content (AvgIpc) is 3.39. The van der Waals surface area contributed by atoms with Crippen LogP contribution in [0.4, 0.5) is 0 Å². The molecule has 0 saturated heterocycles. The van der Waals surface area contributed by atoms with Crippen LogP contribution in [-0.4, -0.2) is 4.57 Å². The molecule has 0 unspecified atom stereocenters. The molecule has 3 heteroatoms. The second kappa shape index (κ2) is 7.09. The minimum absolute atomic E-state index is 0.904. The molecule has 0 amide bonds. The molecule has 0 saturated carbocycles. The van der Waals surface area contributed by atoms with Gasteiger partial charge in [0, 0.05) is 37.8 Å². The summed E-state index contributed by atoms with van der Waals surface area (Å²) in [6.07, 6.45) is 0. The number of hydrogen-bond donors (Lipinski definition) is 0. The van der Waals surface area contributed by atoms with Crippen molar-refractivity contribution in [2.45, 2.75) is 0 Å². The first kappa shape index (κ1) is 18.7. The third-order valence-corrected chi connectivity index (χ3v) is 7.17. The number of halogens is 1. The van der Waals surface area contributed by atoms with Gasteiger partial charge in [-0.05, 0) is 47.5 Å². The monoisotopic (exact) mass is 487 g/mol. The molecule has 0 aliphatic heterocycles. The number of rotatable bonds is 2. The summed E-state index contributed by atoms with van der Waals surface area (Å²) >= 11 is 3.72. The molecule has 33 heavy (non-hydrogen) atoms. The number of nitrogens with zero attached hydrogens (tertiary/aromatic N) is 1. The molecule has 0 fully saturated rings. The fourth-order valence-electron chi connectivity index (χ4n) is 4.97. The highest BCUT2D eigenvalue weighted by Gasteiger charge is 2.15. The molecule has 0 N–H and O–H groups in total.